The zero-order valence-electron chi connectivity index (χ0n) is 15.2. The summed E-state index contributed by atoms with van der Waals surface area (Å²) in [6, 6.07) is 11.1. The van der Waals surface area contributed by atoms with E-state index >= 15 is 0 Å². The van der Waals surface area contributed by atoms with Gasteiger partial charge in [0.25, 0.3) is 0 Å². The third kappa shape index (κ3) is 1.97. The van der Waals surface area contributed by atoms with Gasteiger partial charge in [-0.3, -0.25) is 0 Å². The number of anilines is 1. The number of alkyl halides is 1. The summed E-state index contributed by atoms with van der Waals surface area (Å²) in [5, 5.41) is 0. The summed E-state index contributed by atoms with van der Waals surface area (Å²) >= 11 is -1.51. The molecular weight excluding hydrogens is 423 g/mol. The van der Waals surface area contributed by atoms with Gasteiger partial charge in [-0.15, -0.1) is 0 Å². The van der Waals surface area contributed by atoms with Crippen LogP contribution in [0.15, 0.2) is 41.0 Å². The molecule has 1 spiro atoms. The van der Waals surface area contributed by atoms with Gasteiger partial charge in [0.15, 0.2) is 0 Å². The Morgan fingerprint density at radius 2 is 1.84 bits per heavy atom. The first-order chi connectivity index (χ1) is 12.1. The van der Waals surface area contributed by atoms with Gasteiger partial charge in [-0.1, -0.05) is 0 Å². The Bertz CT molecular complexity index is 948. The number of rotatable bonds is 1. The predicted octanol–water partition coefficient (Wildman–Crippen LogP) is 5.98. The predicted molar refractivity (Wildman–Crippen MR) is 112 cm³/mol. The van der Waals surface area contributed by atoms with Gasteiger partial charge >= 0.3 is 157 Å². The van der Waals surface area contributed by atoms with Crippen molar-refractivity contribution in [2.24, 2.45) is 7.05 Å². The number of hydrogen-bond donors (Lipinski definition) is 0. The average molecular weight is 448 g/mol. The van der Waals surface area contributed by atoms with Crippen LogP contribution in [0, 0.1) is 10.6 Å². The summed E-state index contributed by atoms with van der Waals surface area (Å²) in [4.78, 5) is 2.53. The SMILES string of the molecule is Cc1ccccc1N1I(C)c2c(c3occc3n2C)C12CCCCC2. The Labute approximate surface area is 156 Å². The molecule has 0 radical (unpaired) electrons. The number of nitrogens with zero attached hydrogens (tertiary/aromatic N) is 2. The first kappa shape index (κ1) is 15.8. The summed E-state index contributed by atoms with van der Waals surface area (Å²) in [6.45, 7) is 2.27. The Hall–Kier alpha value is -1.43. The second-order valence-corrected chi connectivity index (χ2v) is 12.0. The van der Waals surface area contributed by atoms with E-state index < -0.39 is 20.1 Å². The van der Waals surface area contributed by atoms with Crippen LogP contribution in [0.25, 0.3) is 11.1 Å². The van der Waals surface area contributed by atoms with Crippen LogP contribution >= 0.6 is 20.1 Å². The second-order valence-electron chi connectivity index (χ2n) is 7.46. The summed E-state index contributed by atoms with van der Waals surface area (Å²) in [5.74, 6) is 0. The Balaban J connectivity index is 1.81. The van der Waals surface area contributed by atoms with Crippen LogP contribution in [-0.2, 0) is 12.6 Å². The molecule has 2 aromatic heterocycles. The number of furan rings is 1. The standard InChI is InChI=1S/C21H25IN2O/c1-15-9-5-6-10-16(15)24-21(12-7-4-8-13-21)18-19-17(11-14-25-19)23(3)20(18)22(24)2/h5-6,9-11,14H,4,7-8,12-13H2,1-3H3. The summed E-state index contributed by atoms with van der Waals surface area (Å²) in [6.07, 6.45) is 8.40. The van der Waals surface area contributed by atoms with E-state index in [-0.39, 0.29) is 5.54 Å². The van der Waals surface area contributed by atoms with E-state index in [1.165, 1.54) is 54.4 Å². The number of para-hydroxylation sites is 1. The van der Waals surface area contributed by atoms with E-state index in [9.17, 15) is 0 Å². The Kier molecular flexibility index (Phi) is 3.50. The molecule has 1 fully saturated rings. The molecular formula is C21H25IN2O. The molecule has 5 rings (SSSR count). The van der Waals surface area contributed by atoms with E-state index in [1.54, 1.807) is 3.70 Å². The molecule has 3 heterocycles. The van der Waals surface area contributed by atoms with E-state index in [1.807, 2.05) is 6.26 Å². The van der Waals surface area contributed by atoms with Gasteiger partial charge in [0.05, 0.1) is 0 Å². The second kappa shape index (κ2) is 5.53. The number of aryl methyl sites for hydroxylation is 2. The molecule has 3 nitrogen and oxygen atoms in total. The van der Waals surface area contributed by atoms with E-state index in [0.29, 0.717) is 0 Å². The van der Waals surface area contributed by atoms with Crippen molar-refractivity contribution in [1.29, 1.82) is 0 Å². The first-order valence-corrected chi connectivity index (χ1v) is 13.4. The topological polar surface area (TPSA) is 21.3 Å². The molecule has 0 amide bonds. The fourth-order valence-electron chi connectivity index (χ4n) is 5.00. The maximum absolute atomic E-state index is 6.05. The van der Waals surface area contributed by atoms with Crippen molar-refractivity contribution in [3.05, 3.63) is 51.4 Å². The molecule has 0 atom stereocenters. The van der Waals surface area contributed by atoms with Crippen LogP contribution in [0.2, 0.25) is 0 Å². The van der Waals surface area contributed by atoms with Crippen LogP contribution in [-0.4, -0.2) is 9.50 Å². The first-order valence-electron chi connectivity index (χ1n) is 9.17. The quantitative estimate of drug-likeness (QED) is 0.260. The number of benzene rings is 1. The van der Waals surface area contributed by atoms with Crippen molar-refractivity contribution in [3.63, 3.8) is 0 Å². The molecule has 4 heteroatoms. The minimum absolute atomic E-state index is 0.149. The Morgan fingerprint density at radius 1 is 1.08 bits per heavy atom. The van der Waals surface area contributed by atoms with Gasteiger partial charge in [-0.2, -0.15) is 0 Å². The molecule has 132 valence electrons. The monoisotopic (exact) mass is 448 g/mol. The molecule has 1 aromatic carbocycles. The fourth-order valence-corrected chi connectivity index (χ4v) is 11.7. The maximum atomic E-state index is 6.05. The normalized spacial score (nSPS) is 20.6. The van der Waals surface area contributed by atoms with Gasteiger partial charge in [0.2, 0.25) is 0 Å². The molecule has 0 bridgehead atoms. The van der Waals surface area contributed by atoms with E-state index in [4.69, 9.17) is 4.42 Å². The minimum atomic E-state index is -1.51. The molecule has 1 aliphatic carbocycles. The van der Waals surface area contributed by atoms with Crippen molar-refractivity contribution in [2.75, 3.05) is 8.04 Å². The number of halogens is 1. The van der Waals surface area contributed by atoms with Crippen molar-refractivity contribution in [2.45, 2.75) is 44.6 Å². The van der Waals surface area contributed by atoms with Crippen molar-refractivity contribution >= 4 is 36.9 Å². The van der Waals surface area contributed by atoms with Crippen LogP contribution in [0.1, 0.15) is 43.2 Å². The summed E-state index contributed by atoms with van der Waals surface area (Å²) < 4.78 is 13.0. The fraction of sp³-hybridized carbons (Fsp3) is 0.429. The number of aromatic nitrogens is 1. The van der Waals surface area contributed by atoms with Gasteiger partial charge in [0, 0.05) is 0 Å². The molecule has 1 saturated carbocycles. The Morgan fingerprint density at radius 3 is 2.60 bits per heavy atom. The van der Waals surface area contributed by atoms with Crippen molar-refractivity contribution < 1.29 is 4.42 Å². The third-order valence-corrected chi connectivity index (χ3v) is 11.7. The average Bonchev–Trinajstić information content (AvgIpc) is 3.25. The van der Waals surface area contributed by atoms with Crippen LogP contribution in [0.3, 0.4) is 0 Å². The molecule has 0 N–H and O–H groups in total. The molecule has 0 unspecified atom stereocenters. The van der Waals surface area contributed by atoms with Crippen LogP contribution in [0.5, 0.6) is 0 Å². The van der Waals surface area contributed by atoms with E-state index in [0.717, 1.165) is 5.58 Å². The number of fused-ring (bicyclic) bond motifs is 4. The van der Waals surface area contributed by atoms with Gasteiger partial charge in [-0.25, -0.2) is 0 Å². The van der Waals surface area contributed by atoms with Crippen LogP contribution < -0.4 is 3.11 Å². The third-order valence-electron chi connectivity index (χ3n) is 6.10. The van der Waals surface area contributed by atoms with Crippen molar-refractivity contribution in [3.8, 4) is 0 Å². The molecule has 3 aromatic rings. The zero-order valence-corrected chi connectivity index (χ0v) is 17.3. The molecule has 0 saturated heterocycles. The van der Waals surface area contributed by atoms with Gasteiger partial charge in [0.1, 0.15) is 0 Å². The molecule has 25 heavy (non-hydrogen) atoms. The number of hydrogen-bond acceptors (Lipinski definition) is 2. The summed E-state index contributed by atoms with van der Waals surface area (Å²) in [7, 11) is 2.24. The molecule has 2 aliphatic rings. The van der Waals surface area contributed by atoms with Crippen molar-refractivity contribution in [1.82, 2.24) is 4.57 Å². The summed E-state index contributed by atoms with van der Waals surface area (Å²) in [5.41, 5.74) is 6.97. The van der Waals surface area contributed by atoms with Gasteiger partial charge < -0.3 is 0 Å². The van der Waals surface area contributed by atoms with Gasteiger partial charge in [-0.05, 0) is 0 Å². The zero-order chi connectivity index (χ0) is 17.2. The van der Waals surface area contributed by atoms with E-state index in [2.05, 4.69) is 56.9 Å². The van der Waals surface area contributed by atoms with Crippen LogP contribution in [0.4, 0.5) is 5.69 Å². The molecule has 1 aliphatic heterocycles.